The van der Waals surface area contributed by atoms with E-state index in [0.717, 1.165) is 28.9 Å². The number of benzene rings is 3. The molecular formula is C28H34N2O5. The van der Waals surface area contributed by atoms with Gasteiger partial charge in [0.1, 0.15) is 17.2 Å². The maximum Gasteiger partial charge on any atom is 0.224 e. The number of carbonyl (C=O) groups excluding carboxylic acids is 1. The molecule has 7 heteroatoms. The number of aliphatic hydroxyl groups excluding tert-OH is 1. The number of phenolic OH excluding ortho intramolecular Hbond substituents is 2. The summed E-state index contributed by atoms with van der Waals surface area (Å²) in [6, 6.07) is 19.8. The number of hydrogen-bond acceptors (Lipinski definition) is 6. The molecule has 0 unspecified atom stereocenters. The summed E-state index contributed by atoms with van der Waals surface area (Å²) in [5.74, 6) is 0.541. The van der Waals surface area contributed by atoms with Crippen LogP contribution in [0.5, 0.6) is 17.2 Å². The van der Waals surface area contributed by atoms with Gasteiger partial charge in [-0.3, -0.25) is 4.79 Å². The molecule has 0 aromatic heterocycles. The Morgan fingerprint density at radius 1 is 0.971 bits per heavy atom. The predicted octanol–water partition coefficient (Wildman–Crippen LogP) is 3.61. The fraction of sp³-hybridized carbons (Fsp3) is 0.321. The fourth-order valence-electron chi connectivity index (χ4n) is 3.92. The molecule has 0 fully saturated rings. The second-order valence-corrected chi connectivity index (χ2v) is 8.63. The number of phenols is 2. The Morgan fingerprint density at radius 2 is 1.69 bits per heavy atom. The Balaban J connectivity index is 1.49. The second kappa shape index (κ2) is 12.8. The van der Waals surface area contributed by atoms with Crippen LogP contribution in [-0.4, -0.2) is 40.4 Å². The average molecular weight is 479 g/mol. The van der Waals surface area contributed by atoms with Crippen LogP contribution in [0.2, 0.25) is 0 Å². The SMILES string of the molecule is CCOc1ccccc1CNC(=O)Cc1cccc(C[C@@H](C)NC[C@H](O)c2cc(O)cc(O)c2)c1. The van der Waals surface area contributed by atoms with Gasteiger partial charge in [0.25, 0.3) is 0 Å². The van der Waals surface area contributed by atoms with E-state index in [4.69, 9.17) is 4.74 Å². The average Bonchev–Trinajstić information content (AvgIpc) is 2.82. The summed E-state index contributed by atoms with van der Waals surface area (Å²) >= 11 is 0. The van der Waals surface area contributed by atoms with Crippen LogP contribution in [0.15, 0.2) is 66.7 Å². The maximum absolute atomic E-state index is 12.5. The lowest BCUT2D eigenvalue weighted by Gasteiger charge is -2.18. The number of amides is 1. The molecule has 0 aliphatic heterocycles. The Bertz CT molecular complexity index is 1100. The first-order chi connectivity index (χ1) is 16.8. The minimum atomic E-state index is -0.863. The smallest absolute Gasteiger partial charge is 0.224 e. The minimum absolute atomic E-state index is 0.0582. The Kier molecular flexibility index (Phi) is 9.52. The first-order valence-electron chi connectivity index (χ1n) is 11.8. The van der Waals surface area contributed by atoms with E-state index in [9.17, 15) is 20.1 Å². The summed E-state index contributed by atoms with van der Waals surface area (Å²) in [4.78, 5) is 12.5. The standard InChI is InChI=1S/C28H34N2O5/c1-3-35-27-10-5-4-9-22(27)17-30-28(34)13-21-8-6-7-20(12-21)11-19(2)29-18-26(33)23-14-24(31)16-25(32)15-23/h4-10,12,14-16,19,26,29,31-33H,3,11,13,17-18H2,1-2H3,(H,30,34)/t19-,26+/m1/s1. The van der Waals surface area contributed by atoms with Crippen molar-refractivity contribution in [3.63, 3.8) is 0 Å². The molecular weight excluding hydrogens is 444 g/mol. The number of hydrogen-bond donors (Lipinski definition) is 5. The molecule has 7 nitrogen and oxygen atoms in total. The lowest BCUT2D eigenvalue weighted by Crippen LogP contribution is -2.32. The third-order valence-electron chi connectivity index (χ3n) is 5.62. The van der Waals surface area contributed by atoms with Gasteiger partial charge in [-0.1, -0.05) is 42.5 Å². The van der Waals surface area contributed by atoms with Crippen LogP contribution in [0, 0.1) is 0 Å². The Hall–Kier alpha value is -3.55. The highest BCUT2D eigenvalue weighted by atomic mass is 16.5. The number of aromatic hydroxyl groups is 2. The quantitative estimate of drug-likeness (QED) is 0.272. The molecule has 0 aliphatic rings. The molecule has 2 atom stereocenters. The van der Waals surface area contributed by atoms with Crippen LogP contribution in [0.1, 0.15) is 42.2 Å². The second-order valence-electron chi connectivity index (χ2n) is 8.63. The van der Waals surface area contributed by atoms with Crippen molar-refractivity contribution < 1.29 is 24.9 Å². The number of aliphatic hydroxyl groups is 1. The van der Waals surface area contributed by atoms with Crippen molar-refractivity contribution >= 4 is 5.91 Å². The molecule has 35 heavy (non-hydrogen) atoms. The highest BCUT2D eigenvalue weighted by Gasteiger charge is 2.13. The van der Waals surface area contributed by atoms with E-state index in [-0.39, 0.29) is 36.4 Å². The van der Waals surface area contributed by atoms with Crippen LogP contribution in [0.3, 0.4) is 0 Å². The van der Waals surface area contributed by atoms with E-state index in [1.165, 1.54) is 18.2 Å². The van der Waals surface area contributed by atoms with Crippen molar-refractivity contribution in [1.82, 2.24) is 10.6 Å². The van der Waals surface area contributed by atoms with Gasteiger partial charge in [0.15, 0.2) is 0 Å². The predicted molar refractivity (Wildman–Crippen MR) is 136 cm³/mol. The van der Waals surface area contributed by atoms with Gasteiger partial charge < -0.3 is 30.7 Å². The molecule has 0 heterocycles. The van der Waals surface area contributed by atoms with Gasteiger partial charge >= 0.3 is 0 Å². The largest absolute Gasteiger partial charge is 0.508 e. The van der Waals surface area contributed by atoms with E-state index < -0.39 is 6.10 Å². The molecule has 0 aliphatic carbocycles. The Labute approximate surface area is 206 Å². The zero-order valence-electron chi connectivity index (χ0n) is 20.2. The van der Waals surface area contributed by atoms with Crippen LogP contribution in [0.4, 0.5) is 0 Å². The lowest BCUT2D eigenvalue weighted by molar-refractivity contribution is -0.120. The van der Waals surface area contributed by atoms with Gasteiger partial charge in [0.05, 0.1) is 19.1 Å². The minimum Gasteiger partial charge on any atom is -0.508 e. The van der Waals surface area contributed by atoms with E-state index >= 15 is 0 Å². The topological polar surface area (TPSA) is 111 Å². The molecule has 0 radical (unpaired) electrons. The van der Waals surface area contributed by atoms with Crippen LogP contribution >= 0.6 is 0 Å². The first kappa shape index (κ1) is 26.1. The number of rotatable bonds is 12. The maximum atomic E-state index is 12.5. The summed E-state index contributed by atoms with van der Waals surface area (Å²) in [7, 11) is 0. The van der Waals surface area contributed by atoms with Gasteiger partial charge in [-0.05, 0) is 55.2 Å². The molecule has 3 aromatic carbocycles. The molecule has 0 saturated carbocycles. The van der Waals surface area contributed by atoms with Gasteiger partial charge in [-0.2, -0.15) is 0 Å². The number of carbonyl (C=O) groups is 1. The van der Waals surface area contributed by atoms with Crippen LogP contribution in [0.25, 0.3) is 0 Å². The zero-order chi connectivity index (χ0) is 25.2. The molecule has 0 bridgehead atoms. The van der Waals surface area contributed by atoms with Gasteiger partial charge in [-0.25, -0.2) is 0 Å². The first-order valence-corrected chi connectivity index (χ1v) is 11.8. The van der Waals surface area contributed by atoms with E-state index in [1.807, 2.05) is 62.4 Å². The van der Waals surface area contributed by atoms with Crippen molar-refractivity contribution in [1.29, 1.82) is 0 Å². The summed E-state index contributed by atoms with van der Waals surface area (Å²) in [6.45, 7) is 5.21. The fourth-order valence-corrected chi connectivity index (χ4v) is 3.92. The molecule has 3 rings (SSSR count). The number of nitrogens with one attached hydrogen (secondary N) is 2. The zero-order valence-corrected chi connectivity index (χ0v) is 20.2. The van der Waals surface area contributed by atoms with Gasteiger partial charge in [0, 0.05) is 30.8 Å². The molecule has 0 saturated heterocycles. The van der Waals surface area contributed by atoms with E-state index in [1.54, 1.807) is 0 Å². The van der Waals surface area contributed by atoms with Crippen molar-refractivity contribution in [3.8, 4) is 17.2 Å². The summed E-state index contributed by atoms with van der Waals surface area (Å²) in [5, 5.41) is 35.8. The summed E-state index contributed by atoms with van der Waals surface area (Å²) < 4.78 is 5.62. The van der Waals surface area contributed by atoms with Crippen molar-refractivity contribution in [3.05, 3.63) is 89.0 Å². The third-order valence-corrected chi connectivity index (χ3v) is 5.62. The van der Waals surface area contributed by atoms with Crippen LogP contribution in [-0.2, 0) is 24.2 Å². The summed E-state index contributed by atoms with van der Waals surface area (Å²) in [5.41, 5.74) is 3.40. The molecule has 3 aromatic rings. The summed E-state index contributed by atoms with van der Waals surface area (Å²) in [6.07, 6.45) is 0.139. The van der Waals surface area contributed by atoms with E-state index in [0.29, 0.717) is 18.7 Å². The van der Waals surface area contributed by atoms with Crippen molar-refractivity contribution in [2.45, 2.75) is 45.4 Å². The number of para-hydroxylation sites is 1. The van der Waals surface area contributed by atoms with Crippen molar-refractivity contribution in [2.24, 2.45) is 0 Å². The normalized spacial score (nSPS) is 12.7. The molecule has 0 spiro atoms. The van der Waals surface area contributed by atoms with Gasteiger partial charge in [-0.15, -0.1) is 0 Å². The monoisotopic (exact) mass is 478 g/mol. The number of ether oxygens (including phenoxy) is 1. The molecule has 5 N–H and O–H groups in total. The molecule has 186 valence electrons. The lowest BCUT2D eigenvalue weighted by atomic mass is 10.0. The highest BCUT2D eigenvalue weighted by molar-refractivity contribution is 5.78. The highest BCUT2D eigenvalue weighted by Crippen LogP contribution is 2.24. The molecule has 1 amide bonds. The Morgan fingerprint density at radius 3 is 2.43 bits per heavy atom. The van der Waals surface area contributed by atoms with Crippen molar-refractivity contribution in [2.75, 3.05) is 13.2 Å². The third kappa shape index (κ3) is 8.31. The van der Waals surface area contributed by atoms with Gasteiger partial charge in [0.2, 0.25) is 5.91 Å². The van der Waals surface area contributed by atoms with E-state index in [2.05, 4.69) is 10.6 Å². The van der Waals surface area contributed by atoms with Crippen LogP contribution < -0.4 is 15.4 Å².